The van der Waals surface area contributed by atoms with Gasteiger partial charge in [-0.3, -0.25) is 0 Å². The van der Waals surface area contributed by atoms with Crippen molar-refractivity contribution in [2.75, 3.05) is 6.61 Å². The van der Waals surface area contributed by atoms with Crippen molar-refractivity contribution in [3.63, 3.8) is 0 Å². The minimum absolute atomic E-state index is 0.00231. The molecule has 0 unspecified atom stereocenters. The number of cyclic esters (lactones) is 1. The zero-order valence-corrected chi connectivity index (χ0v) is 6.54. The second-order valence-electron chi connectivity index (χ2n) is 2.67. The van der Waals surface area contributed by atoms with Gasteiger partial charge in [-0.1, -0.05) is 13.3 Å². The summed E-state index contributed by atoms with van der Waals surface area (Å²) in [6.45, 7) is 1.93. The average Bonchev–Trinajstić information content (AvgIpc) is 2.32. The van der Waals surface area contributed by atoms with Gasteiger partial charge in [-0.25, -0.2) is 4.79 Å². The highest BCUT2D eigenvalue weighted by molar-refractivity contribution is 5.70. The van der Waals surface area contributed by atoms with Crippen LogP contribution in [-0.4, -0.2) is 30.0 Å². The van der Waals surface area contributed by atoms with E-state index in [4.69, 9.17) is 9.84 Å². The van der Waals surface area contributed by atoms with Crippen LogP contribution in [-0.2, 0) is 4.74 Å². The van der Waals surface area contributed by atoms with Crippen molar-refractivity contribution in [2.45, 2.75) is 31.9 Å². The van der Waals surface area contributed by atoms with Gasteiger partial charge in [0.15, 0.2) is 0 Å². The molecule has 0 aromatic heterocycles. The normalized spacial score (nSPS) is 29.8. The third kappa shape index (κ3) is 1.83. The van der Waals surface area contributed by atoms with Crippen LogP contribution in [0, 0.1) is 0 Å². The number of carbonyl (C=O) groups is 1. The number of nitrogens with one attached hydrogen (secondary N) is 1. The maximum Gasteiger partial charge on any atom is 0.407 e. The molecule has 2 N–H and O–H groups in total. The molecule has 4 nitrogen and oxygen atoms in total. The van der Waals surface area contributed by atoms with Crippen LogP contribution < -0.4 is 5.32 Å². The van der Waals surface area contributed by atoms with Crippen molar-refractivity contribution in [3.8, 4) is 0 Å². The van der Waals surface area contributed by atoms with Crippen molar-refractivity contribution in [1.82, 2.24) is 5.32 Å². The quantitative estimate of drug-likeness (QED) is 0.620. The average molecular weight is 159 g/mol. The lowest BCUT2D eigenvalue weighted by molar-refractivity contribution is 0.0815. The van der Waals surface area contributed by atoms with Crippen LogP contribution in [0.4, 0.5) is 4.79 Å². The Morgan fingerprint density at radius 1 is 1.73 bits per heavy atom. The number of aliphatic hydroxyl groups is 1. The largest absolute Gasteiger partial charge is 0.442 e. The van der Waals surface area contributed by atoms with Crippen LogP contribution in [0.25, 0.3) is 0 Å². The molecule has 1 fully saturated rings. The fourth-order valence-electron chi connectivity index (χ4n) is 1.23. The molecule has 1 amide bonds. The van der Waals surface area contributed by atoms with E-state index in [0.717, 1.165) is 12.8 Å². The Morgan fingerprint density at radius 2 is 2.45 bits per heavy atom. The number of amides is 1. The summed E-state index contributed by atoms with van der Waals surface area (Å²) >= 11 is 0. The number of hydrogen-bond acceptors (Lipinski definition) is 3. The van der Waals surface area contributed by atoms with Gasteiger partial charge in [0.2, 0.25) is 0 Å². The molecule has 0 aromatic rings. The van der Waals surface area contributed by atoms with Gasteiger partial charge in [-0.05, 0) is 6.42 Å². The Bertz CT molecular complexity index is 149. The smallest absolute Gasteiger partial charge is 0.407 e. The van der Waals surface area contributed by atoms with Gasteiger partial charge in [0.1, 0.15) is 6.10 Å². The van der Waals surface area contributed by atoms with Gasteiger partial charge >= 0.3 is 6.09 Å². The van der Waals surface area contributed by atoms with Crippen LogP contribution in [0.5, 0.6) is 0 Å². The Balaban J connectivity index is 2.43. The summed E-state index contributed by atoms with van der Waals surface area (Å²) in [6.07, 6.45) is 1.08. The van der Waals surface area contributed by atoms with E-state index >= 15 is 0 Å². The molecule has 1 aliphatic heterocycles. The van der Waals surface area contributed by atoms with Gasteiger partial charge in [-0.2, -0.15) is 0 Å². The minimum Gasteiger partial charge on any atom is -0.442 e. The fourth-order valence-corrected chi connectivity index (χ4v) is 1.23. The molecule has 1 rings (SSSR count). The monoisotopic (exact) mass is 159 g/mol. The molecule has 0 aliphatic carbocycles. The van der Waals surface area contributed by atoms with Gasteiger partial charge in [0.05, 0.1) is 12.6 Å². The number of hydrogen-bond donors (Lipinski definition) is 2. The third-order valence-corrected chi connectivity index (χ3v) is 1.79. The lowest BCUT2D eigenvalue weighted by atomic mass is 10.1. The second-order valence-corrected chi connectivity index (χ2v) is 2.67. The summed E-state index contributed by atoms with van der Waals surface area (Å²) in [4.78, 5) is 10.7. The van der Waals surface area contributed by atoms with E-state index < -0.39 is 6.09 Å². The maximum absolute atomic E-state index is 10.7. The van der Waals surface area contributed by atoms with E-state index in [0.29, 0.717) is 0 Å². The van der Waals surface area contributed by atoms with Crippen molar-refractivity contribution in [1.29, 1.82) is 0 Å². The molecule has 1 heterocycles. The number of ether oxygens (including phenoxy) is 1. The zero-order chi connectivity index (χ0) is 8.27. The molecule has 0 saturated carbocycles. The first kappa shape index (κ1) is 8.33. The standard InChI is InChI=1S/C7H13NO3/c1-2-3-5-6(4-9)11-7(10)8-5/h5-6,9H,2-4H2,1H3,(H,8,10)/t5-,6-/m0/s1. The Kier molecular flexibility index (Phi) is 2.70. The topological polar surface area (TPSA) is 58.6 Å². The van der Waals surface area contributed by atoms with Crippen LogP contribution in [0.3, 0.4) is 0 Å². The molecule has 0 spiro atoms. The van der Waals surface area contributed by atoms with Crippen LogP contribution >= 0.6 is 0 Å². The highest BCUT2D eigenvalue weighted by atomic mass is 16.6. The molecule has 4 heteroatoms. The van der Waals surface area contributed by atoms with Crippen molar-refractivity contribution < 1.29 is 14.6 Å². The molecule has 0 radical (unpaired) electrons. The molecule has 1 aliphatic rings. The van der Waals surface area contributed by atoms with Gasteiger partial charge in [0, 0.05) is 0 Å². The summed E-state index contributed by atoms with van der Waals surface area (Å²) in [5.41, 5.74) is 0. The molecule has 1 saturated heterocycles. The predicted molar refractivity (Wildman–Crippen MR) is 39.2 cm³/mol. The summed E-state index contributed by atoms with van der Waals surface area (Å²) in [6, 6.07) is -0.00231. The van der Waals surface area contributed by atoms with Crippen molar-refractivity contribution in [3.05, 3.63) is 0 Å². The summed E-state index contributed by atoms with van der Waals surface area (Å²) in [7, 11) is 0. The number of rotatable bonds is 3. The van der Waals surface area contributed by atoms with Crippen molar-refractivity contribution in [2.24, 2.45) is 0 Å². The number of alkyl carbamates (subject to hydrolysis) is 1. The molecule has 64 valence electrons. The molecular formula is C7H13NO3. The summed E-state index contributed by atoms with van der Waals surface area (Å²) in [5.74, 6) is 0. The predicted octanol–water partition coefficient (Wildman–Crippen LogP) is 0.256. The van der Waals surface area contributed by atoms with E-state index in [9.17, 15) is 4.79 Å². The first-order chi connectivity index (χ1) is 5.27. The fraction of sp³-hybridized carbons (Fsp3) is 0.857. The lowest BCUT2D eigenvalue weighted by Crippen LogP contribution is -2.33. The highest BCUT2D eigenvalue weighted by Crippen LogP contribution is 2.12. The summed E-state index contributed by atoms with van der Waals surface area (Å²) < 4.78 is 4.78. The van der Waals surface area contributed by atoms with Crippen LogP contribution in [0.1, 0.15) is 19.8 Å². The Morgan fingerprint density at radius 3 is 3.00 bits per heavy atom. The first-order valence-corrected chi connectivity index (χ1v) is 3.86. The van der Waals surface area contributed by atoms with E-state index in [1.807, 2.05) is 6.92 Å². The van der Waals surface area contributed by atoms with E-state index in [1.54, 1.807) is 0 Å². The summed E-state index contributed by atoms with van der Waals surface area (Å²) in [5, 5.41) is 11.4. The maximum atomic E-state index is 10.7. The van der Waals surface area contributed by atoms with Crippen molar-refractivity contribution >= 4 is 6.09 Å². The van der Waals surface area contributed by atoms with Gasteiger partial charge in [-0.15, -0.1) is 0 Å². The van der Waals surface area contributed by atoms with Crippen LogP contribution in [0.15, 0.2) is 0 Å². The number of aliphatic hydroxyl groups excluding tert-OH is 1. The molecule has 0 aromatic carbocycles. The van der Waals surface area contributed by atoms with Gasteiger partial charge < -0.3 is 15.2 Å². The minimum atomic E-state index is -0.414. The SMILES string of the molecule is CCC[C@@H]1NC(=O)O[C@H]1CO. The molecular weight excluding hydrogens is 146 g/mol. The Hall–Kier alpha value is -0.770. The van der Waals surface area contributed by atoms with Crippen LogP contribution in [0.2, 0.25) is 0 Å². The molecule has 2 atom stereocenters. The zero-order valence-electron chi connectivity index (χ0n) is 6.54. The molecule has 11 heavy (non-hydrogen) atoms. The van der Waals surface area contributed by atoms with E-state index in [-0.39, 0.29) is 18.8 Å². The van der Waals surface area contributed by atoms with E-state index in [2.05, 4.69) is 5.32 Å². The van der Waals surface area contributed by atoms with E-state index in [1.165, 1.54) is 0 Å². The highest BCUT2D eigenvalue weighted by Gasteiger charge is 2.32. The third-order valence-electron chi connectivity index (χ3n) is 1.79. The van der Waals surface area contributed by atoms with Gasteiger partial charge in [0.25, 0.3) is 0 Å². The lowest BCUT2D eigenvalue weighted by Gasteiger charge is -2.12. The Labute approximate surface area is 65.5 Å². The number of carbonyl (C=O) groups excluding carboxylic acids is 1. The first-order valence-electron chi connectivity index (χ1n) is 3.86. The molecule has 0 bridgehead atoms. The second kappa shape index (κ2) is 3.57.